The van der Waals surface area contributed by atoms with E-state index in [1.807, 2.05) is 43.3 Å². The highest BCUT2D eigenvalue weighted by atomic mass is 79.9. The van der Waals surface area contributed by atoms with Gasteiger partial charge in [-0.2, -0.15) is 0 Å². The molecule has 0 saturated heterocycles. The highest BCUT2D eigenvalue weighted by Crippen LogP contribution is 2.20. The molecule has 1 aliphatic carbocycles. The van der Waals surface area contributed by atoms with E-state index in [4.69, 9.17) is 0 Å². The van der Waals surface area contributed by atoms with E-state index >= 15 is 0 Å². The molecule has 0 bridgehead atoms. The zero-order valence-corrected chi connectivity index (χ0v) is 19.7. The molecule has 2 aromatic carbocycles. The lowest BCUT2D eigenvalue weighted by Gasteiger charge is -2.30. The number of benzene rings is 2. The van der Waals surface area contributed by atoms with Crippen molar-refractivity contribution in [1.29, 1.82) is 0 Å². The SMILES string of the molecule is Cc1ccc(CC(=O)N(Cc2cccc(Br)c2)[C@H](C)C(=O)NC2CCCC2)cc1C. The summed E-state index contributed by atoms with van der Waals surface area (Å²) >= 11 is 3.50. The number of carbonyl (C=O) groups excluding carboxylic acids is 2. The lowest BCUT2D eigenvalue weighted by atomic mass is 10.0. The largest absolute Gasteiger partial charge is 0.352 e. The van der Waals surface area contributed by atoms with Crippen LogP contribution in [0.2, 0.25) is 0 Å². The first-order chi connectivity index (χ1) is 14.3. The van der Waals surface area contributed by atoms with Crippen molar-refractivity contribution in [3.63, 3.8) is 0 Å². The maximum Gasteiger partial charge on any atom is 0.242 e. The average molecular weight is 471 g/mol. The van der Waals surface area contributed by atoms with Crippen molar-refractivity contribution < 1.29 is 9.59 Å². The molecule has 1 aliphatic rings. The number of aryl methyl sites for hydroxylation is 2. The molecule has 5 heteroatoms. The third-order valence-electron chi connectivity index (χ3n) is 6.04. The monoisotopic (exact) mass is 470 g/mol. The summed E-state index contributed by atoms with van der Waals surface area (Å²) in [5, 5.41) is 3.15. The third kappa shape index (κ3) is 5.94. The minimum Gasteiger partial charge on any atom is -0.352 e. The van der Waals surface area contributed by atoms with Gasteiger partial charge in [0.2, 0.25) is 11.8 Å². The van der Waals surface area contributed by atoms with Gasteiger partial charge in [-0.15, -0.1) is 0 Å². The van der Waals surface area contributed by atoms with Gasteiger partial charge in [0.15, 0.2) is 0 Å². The van der Waals surface area contributed by atoms with Crippen LogP contribution in [0.15, 0.2) is 46.9 Å². The van der Waals surface area contributed by atoms with Crippen molar-refractivity contribution in [3.05, 3.63) is 69.2 Å². The van der Waals surface area contributed by atoms with Crippen molar-refractivity contribution in [2.24, 2.45) is 0 Å². The Balaban J connectivity index is 1.78. The molecule has 1 saturated carbocycles. The van der Waals surface area contributed by atoms with E-state index in [9.17, 15) is 9.59 Å². The minimum atomic E-state index is -0.524. The summed E-state index contributed by atoms with van der Waals surface area (Å²) in [5.74, 6) is -0.0994. The molecule has 0 heterocycles. The van der Waals surface area contributed by atoms with E-state index in [1.54, 1.807) is 4.90 Å². The molecule has 0 aromatic heterocycles. The number of carbonyl (C=O) groups is 2. The summed E-state index contributed by atoms with van der Waals surface area (Å²) < 4.78 is 0.963. The van der Waals surface area contributed by atoms with Gasteiger partial charge in [-0.05, 0) is 68.0 Å². The lowest BCUT2D eigenvalue weighted by molar-refractivity contribution is -0.140. The average Bonchev–Trinajstić information content (AvgIpc) is 3.21. The summed E-state index contributed by atoms with van der Waals surface area (Å²) in [6, 6.07) is 13.7. The number of halogens is 1. The summed E-state index contributed by atoms with van der Waals surface area (Å²) in [6.45, 7) is 6.36. The molecule has 0 radical (unpaired) electrons. The van der Waals surface area contributed by atoms with Crippen molar-refractivity contribution in [1.82, 2.24) is 10.2 Å². The van der Waals surface area contributed by atoms with Gasteiger partial charge in [-0.25, -0.2) is 0 Å². The highest BCUT2D eigenvalue weighted by Gasteiger charge is 2.28. The van der Waals surface area contributed by atoms with Crippen molar-refractivity contribution in [3.8, 4) is 0 Å². The van der Waals surface area contributed by atoms with E-state index < -0.39 is 6.04 Å². The molecule has 160 valence electrons. The Bertz CT molecular complexity index is 906. The molecule has 3 rings (SSSR count). The first kappa shape index (κ1) is 22.5. The smallest absolute Gasteiger partial charge is 0.242 e. The van der Waals surface area contributed by atoms with Gasteiger partial charge in [0.05, 0.1) is 6.42 Å². The van der Waals surface area contributed by atoms with Crippen LogP contribution in [-0.2, 0) is 22.6 Å². The van der Waals surface area contributed by atoms with Gasteiger partial charge in [0.25, 0.3) is 0 Å². The lowest BCUT2D eigenvalue weighted by Crippen LogP contribution is -2.50. The van der Waals surface area contributed by atoms with Gasteiger partial charge in [-0.1, -0.05) is 59.1 Å². The Morgan fingerprint density at radius 2 is 1.80 bits per heavy atom. The predicted octanol–water partition coefficient (Wildman–Crippen LogP) is 5.08. The van der Waals surface area contributed by atoms with Gasteiger partial charge in [0.1, 0.15) is 6.04 Å². The highest BCUT2D eigenvalue weighted by molar-refractivity contribution is 9.10. The molecular formula is C25H31BrN2O2. The Labute approximate surface area is 188 Å². The van der Waals surface area contributed by atoms with E-state index in [-0.39, 0.29) is 24.3 Å². The molecule has 0 unspecified atom stereocenters. The Morgan fingerprint density at radius 3 is 2.47 bits per heavy atom. The summed E-state index contributed by atoms with van der Waals surface area (Å²) in [5.41, 5.74) is 4.36. The van der Waals surface area contributed by atoms with E-state index in [1.165, 1.54) is 11.1 Å². The van der Waals surface area contributed by atoms with E-state index in [2.05, 4.69) is 41.2 Å². The maximum absolute atomic E-state index is 13.3. The summed E-state index contributed by atoms with van der Waals surface area (Å²) in [6.07, 6.45) is 4.66. The van der Waals surface area contributed by atoms with Crippen LogP contribution in [0.25, 0.3) is 0 Å². The van der Waals surface area contributed by atoms with Crippen LogP contribution in [0, 0.1) is 13.8 Å². The Hall–Kier alpha value is -2.14. The summed E-state index contributed by atoms with van der Waals surface area (Å²) in [4.78, 5) is 28.0. The first-order valence-electron chi connectivity index (χ1n) is 10.7. The second-order valence-corrected chi connectivity index (χ2v) is 9.33. The number of nitrogens with one attached hydrogen (secondary N) is 1. The minimum absolute atomic E-state index is 0.0349. The molecular weight excluding hydrogens is 440 g/mol. The fourth-order valence-electron chi connectivity index (χ4n) is 4.00. The molecule has 30 heavy (non-hydrogen) atoms. The third-order valence-corrected chi connectivity index (χ3v) is 6.53. The zero-order valence-electron chi connectivity index (χ0n) is 18.1. The van der Waals surface area contributed by atoms with E-state index in [0.717, 1.165) is 41.3 Å². The molecule has 4 nitrogen and oxygen atoms in total. The molecule has 1 N–H and O–H groups in total. The second kappa shape index (κ2) is 10.3. The van der Waals surface area contributed by atoms with Crippen LogP contribution in [0.4, 0.5) is 0 Å². The number of rotatable bonds is 7. The van der Waals surface area contributed by atoms with Crippen molar-refractivity contribution in [2.45, 2.75) is 71.5 Å². The molecule has 1 atom stereocenters. The Kier molecular flexibility index (Phi) is 7.70. The molecule has 2 amide bonds. The van der Waals surface area contributed by atoms with Gasteiger partial charge in [-0.3, -0.25) is 9.59 Å². The number of amides is 2. The zero-order chi connectivity index (χ0) is 21.7. The van der Waals surface area contributed by atoms with Crippen molar-refractivity contribution >= 4 is 27.7 Å². The van der Waals surface area contributed by atoms with E-state index in [0.29, 0.717) is 6.54 Å². The van der Waals surface area contributed by atoms with Crippen LogP contribution in [0.5, 0.6) is 0 Å². The van der Waals surface area contributed by atoms with Gasteiger partial charge in [0, 0.05) is 17.1 Å². The quantitative estimate of drug-likeness (QED) is 0.612. The molecule has 1 fully saturated rings. The fourth-order valence-corrected chi connectivity index (χ4v) is 4.44. The van der Waals surface area contributed by atoms with Crippen LogP contribution < -0.4 is 5.32 Å². The molecule has 2 aromatic rings. The van der Waals surface area contributed by atoms with Gasteiger partial charge >= 0.3 is 0 Å². The summed E-state index contributed by atoms with van der Waals surface area (Å²) in [7, 11) is 0. The number of hydrogen-bond donors (Lipinski definition) is 1. The van der Waals surface area contributed by atoms with Crippen molar-refractivity contribution in [2.75, 3.05) is 0 Å². The Morgan fingerprint density at radius 1 is 1.07 bits per heavy atom. The fraction of sp³-hybridized carbons (Fsp3) is 0.440. The second-order valence-electron chi connectivity index (χ2n) is 8.41. The van der Waals surface area contributed by atoms with Gasteiger partial charge < -0.3 is 10.2 Å². The number of hydrogen-bond acceptors (Lipinski definition) is 2. The first-order valence-corrected chi connectivity index (χ1v) is 11.5. The molecule has 0 aliphatic heterocycles. The molecule has 0 spiro atoms. The van der Waals surface area contributed by atoms with Crippen LogP contribution in [-0.4, -0.2) is 28.8 Å². The predicted molar refractivity (Wildman–Crippen MR) is 124 cm³/mol. The topological polar surface area (TPSA) is 49.4 Å². The number of nitrogens with zero attached hydrogens (tertiary/aromatic N) is 1. The van der Waals surface area contributed by atoms with Crippen LogP contribution >= 0.6 is 15.9 Å². The standard InChI is InChI=1S/C25H31BrN2O2/c1-17-11-12-20(13-18(17)2)15-24(29)28(16-21-7-6-8-22(26)14-21)19(3)25(30)27-23-9-4-5-10-23/h6-8,11-14,19,23H,4-5,9-10,15-16H2,1-3H3,(H,27,30)/t19-/m1/s1. The van der Waals surface area contributed by atoms with Crippen LogP contribution in [0.3, 0.4) is 0 Å². The van der Waals surface area contributed by atoms with Crippen LogP contribution in [0.1, 0.15) is 54.9 Å². The normalized spacial score (nSPS) is 15.1. The maximum atomic E-state index is 13.3.